The molecule has 0 bridgehead atoms. The van der Waals surface area contributed by atoms with Crippen LogP contribution < -0.4 is 10.0 Å². The SMILES string of the molecule is Cc1ccc(NS(=O)(=O)c2cccc(C(=O)Nc3ccccc3C(=O)O)c2)cc1C. The number of hydrogen-bond donors (Lipinski definition) is 3. The molecule has 7 nitrogen and oxygen atoms in total. The molecule has 8 heteroatoms. The molecule has 0 aliphatic carbocycles. The van der Waals surface area contributed by atoms with Gasteiger partial charge in [0, 0.05) is 11.3 Å². The fourth-order valence-corrected chi connectivity index (χ4v) is 3.89. The predicted molar refractivity (Wildman–Crippen MR) is 115 cm³/mol. The largest absolute Gasteiger partial charge is 0.478 e. The minimum absolute atomic E-state index is 0.0639. The summed E-state index contributed by atoms with van der Waals surface area (Å²) >= 11 is 0. The van der Waals surface area contributed by atoms with Crippen LogP contribution in [0.3, 0.4) is 0 Å². The van der Waals surface area contributed by atoms with Crippen LogP contribution in [-0.4, -0.2) is 25.4 Å². The number of rotatable bonds is 6. The molecule has 0 saturated carbocycles. The zero-order valence-electron chi connectivity index (χ0n) is 16.3. The highest BCUT2D eigenvalue weighted by atomic mass is 32.2. The Morgan fingerprint density at radius 1 is 0.867 bits per heavy atom. The number of benzene rings is 3. The van der Waals surface area contributed by atoms with Gasteiger partial charge in [-0.05, 0) is 67.4 Å². The van der Waals surface area contributed by atoms with Gasteiger partial charge in [-0.15, -0.1) is 0 Å². The maximum atomic E-state index is 12.8. The molecule has 3 aromatic rings. The smallest absolute Gasteiger partial charge is 0.337 e. The first kappa shape index (κ1) is 21.1. The van der Waals surface area contributed by atoms with Crippen molar-refractivity contribution in [2.24, 2.45) is 0 Å². The van der Waals surface area contributed by atoms with E-state index >= 15 is 0 Å². The second-order valence-corrected chi connectivity index (χ2v) is 8.42. The highest BCUT2D eigenvalue weighted by Gasteiger charge is 2.18. The average Bonchev–Trinajstić information content (AvgIpc) is 2.71. The van der Waals surface area contributed by atoms with Crippen molar-refractivity contribution < 1.29 is 23.1 Å². The van der Waals surface area contributed by atoms with Gasteiger partial charge in [0.05, 0.1) is 16.1 Å². The summed E-state index contributed by atoms with van der Waals surface area (Å²) in [7, 11) is -3.92. The van der Waals surface area contributed by atoms with Gasteiger partial charge in [0.15, 0.2) is 0 Å². The number of amides is 1. The highest BCUT2D eigenvalue weighted by Crippen LogP contribution is 2.21. The molecule has 0 spiro atoms. The zero-order chi connectivity index (χ0) is 21.9. The Morgan fingerprint density at radius 2 is 1.60 bits per heavy atom. The second-order valence-electron chi connectivity index (χ2n) is 6.74. The standard InChI is InChI=1S/C22H20N2O5S/c1-14-10-11-17(12-15(14)2)24-30(28,29)18-7-5-6-16(13-18)21(25)23-20-9-4-3-8-19(20)22(26)27/h3-13,24H,1-2H3,(H,23,25)(H,26,27). The van der Waals surface area contributed by atoms with Crippen LogP contribution >= 0.6 is 0 Å². The Morgan fingerprint density at radius 3 is 2.30 bits per heavy atom. The lowest BCUT2D eigenvalue weighted by molar-refractivity contribution is 0.0698. The van der Waals surface area contributed by atoms with E-state index in [1.165, 1.54) is 36.4 Å². The molecule has 3 aromatic carbocycles. The molecule has 0 atom stereocenters. The summed E-state index contributed by atoms with van der Waals surface area (Å²) in [5.74, 6) is -1.80. The number of hydrogen-bond acceptors (Lipinski definition) is 4. The van der Waals surface area contributed by atoms with Gasteiger partial charge in [-0.2, -0.15) is 0 Å². The Kier molecular flexibility index (Phi) is 5.89. The number of aryl methyl sites for hydroxylation is 2. The van der Waals surface area contributed by atoms with Gasteiger partial charge >= 0.3 is 5.97 Å². The van der Waals surface area contributed by atoms with Crippen molar-refractivity contribution in [3.05, 3.63) is 89.0 Å². The highest BCUT2D eigenvalue weighted by molar-refractivity contribution is 7.92. The Balaban J connectivity index is 1.85. The van der Waals surface area contributed by atoms with E-state index in [4.69, 9.17) is 0 Å². The van der Waals surface area contributed by atoms with E-state index in [-0.39, 0.29) is 21.7 Å². The van der Waals surface area contributed by atoms with Crippen molar-refractivity contribution in [2.45, 2.75) is 18.7 Å². The molecule has 0 radical (unpaired) electrons. The summed E-state index contributed by atoms with van der Waals surface area (Å²) in [6.07, 6.45) is 0. The molecule has 1 amide bonds. The van der Waals surface area contributed by atoms with Gasteiger partial charge in [0.25, 0.3) is 15.9 Å². The van der Waals surface area contributed by atoms with E-state index in [1.807, 2.05) is 19.9 Å². The number of carbonyl (C=O) groups excluding carboxylic acids is 1. The number of para-hydroxylation sites is 1. The van der Waals surface area contributed by atoms with E-state index in [0.717, 1.165) is 11.1 Å². The fourth-order valence-electron chi connectivity index (χ4n) is 2.80. The van der Waals surface area contributed by atoms with Crippen molar-refractivity contribution in [1.82, 2.24) is 0 Å². The average molecular weight is 424 g/mol. The molecule has 0 fully saturated rings. The zero-order valence-corrected chi connectivity index (χ0v) is 17.2. The molecule has 30 heavy (non-hydrogen) atoms. The third-order valence-corrected chi connectivity index (χ3v) is 5.95. The summed E-state index contributed by atoms with van der Waals surface area (Å²) < 4.78 is 28.0. The molecular weight excluding hydrogens is 404 g/mol. The van der Waals surface area contributed by atoms with Gasteiger partial charge in [-0.3, -0.25) is 9.52 Å². The number of aromatic carboxylic acids is 1. The Labute approximate surface area is 174 Å². The van der Waals surface area contributed by atoms with Crippen LogP contribution in [0.1, 0.15) is 31.8 Å². The van der Waals surface area contributed by atoms with Crippen LogP contribution in [0.25, 0.3) is 0 Å². The molecule has 154 valence electrons. The van der Waals surface area contributed by atoms with Gasteiger partial charge in [0.1, 0.15) is 0 Å². The van der Waals surface area contributed by atoms with Crippen LogP contribution in [-0.2, 0) is 10.0 Å². The third-order valence-electron chi connectivity index (χ3n) is 4.57. The molecule has 0 unspecified atom stereocenters. The first-order chi connectivity index (χ1) is 14.2. The molecule has 3 rings (SSSR count). The van der Waals surface area contributed by atoms with Crippen molar-refractivity contribution in [3.8, 4) is 0 Å². The predicted octanol–water partition coefficient (Wildman–Crippen LogP) is 4.05. The van der Waals surface area contributed by atoms with Gasteiger partial charge < -0.3 is 10.4 Å². The monoisotopic (exact) mass is 424 g/mol. The molecule has 3 N–H and O–H groups in total. The second kappa shape index (κ2) is 8.38. The first-order valence-electron chi connectivity index (χ1n) is 9.01. The molecule has 0 saturated heterocycles. The third kappa shape index (κ3) is 4.66. The van der Waals surface area contributed by atoms with Gasteiger partial charge in [0.2, 0.25) is 0 Å². The first-order valence-corrected chi connectivity index (χ1v) is 10.5. The van der Waals surface area contributed by atoms with Crippen molar-refractivity contribution in [1.29, 1.82) is 0 Å². The van der Waals surface area contributed by atoms with Crippen molar-refractivity contribution in [2.75, 3.05) is 10.0 Å². The van der Waals surface area contributed by atoms with E-state index in [1.54, 1.807) is 24.3 Å². The summed E-state index contributed by atoms with van der Waals surface area (Å²) in [6, 6.07) is 16.7. The quantitative estimate of drug-likeness (QED) is 0.552. The molecule has 0 aromatic heterocycles. The van der Waals surface area contributed by atoms with E-state index < -0.39 is 21.9 Å². The van der Waals surface area contributed by atoms with E-state index in [9.17, 15) is 23.1 Å². The number of carboxylic acids is 1. The summed E-state index contributed by atoms with van der Waals surface area (Å²) in [5.41, 5.74) is 2.54. The summed E-state index contributed by atoms with van der Waals surface area (Å²) in [6.45, 7) is 3.81. The number of carbonyl (C=O) groups is 2. The number of carboxylic acid groups (broad SMARTS) is 1. The van der Waals surface area contributed by atoms with Crippen molar-refractivity contribution >= 4 is 33.3 Å². The summed E-state index contributed by atoms with van der Waals surface area (Å²) in [4.78, 5) is 23.8. The van der Waals surface area contributed by atoms with Crippen LogP contribution in [0.15, 0.2) is 71.6 Å². The van der Waals surface area contributed by atoms with E-state index in [2.05, 4.69) is 10.0 Å². The molecule has 0 heterocycles. The number of anilines is 2. The van der Waals surface area contributed by atoms with E-state index in [0.29, 0.717) is 5.69 Å². The topological polar surface area (TPSA) is 113 Å². The van der Waals surface area contributed by atoms with Crippen molar-refractivity contribution in [3.63, 3.8) is 0 Å². The molecular formula is C22H20N2O5S. The fraction of sp³-hybridized carbons (Fsp3) is 0.0909. The lowest BCUT2D eigenvalue weighted by Crippen LogP contribution is -2.17. The molecule has 0 aliphatic rings. The normalized spacial score (nSPS) is 11.0. The minimum Gasteiger partial charge on any atom is -0.478 e. The Hall–Kier alpha value is -3.65. The van der Waals surface area contributed by atoms with Crippen LogP contribution in [0.5, 0.6) is 0 Å². The Bertz CT molecular complexity index is 1240. The number of nitrogens with one attached hydrogen (secondary N) is 2. The van der Waals surface area contributed by atoms with Gasteiger partial charge in [-0.25, -0.2) is 13.2 Å². The lowest BCUT2D eigenvalue weighted by atomic mass is 10.1. The number of sulfonamides is 1. The molecule has 0 aliphatic heterocycles. The van der Waals surface area contributed by atoms with Crippen LogP contribution in [0, 0.1) is 13.8 Å². The van der Waals surface area contributed by atoms with Gasteiger partial charge in [-0.1, -0.05) is 24.3 Å². The maximum Gasteiger partial charge on any atom is 0.337 e. The minimum atomic E-state index is -3.92. The summed E-state index contributed by atoms with van der Waals surface area (Å²) in [5, 5.41) is 11.8. The lowest BCUT2D eigenvalue weighted by Gasteiger charge is -2.12. The van der Waals surface area contributed by atoms with Crippen LogP contribution in [0.4, 0.5) is 11.4 Å². The van der Waals surface area contributed by atoms with Crippen LogP contribution in [0.2, 0.25) is 0 Å². The maximum absolute atomic E-state index is 12.8.